The minimum Gasteiger partial charge on any atom is -0.495 e. The lowest BCUT2D eigenvalue weighted by Gasteiger charge is -2.35. The van der Waals surface area contributed by atoms with Crippen LogP contribution in [0.4, 0.5) is 0 Å². The highest BCUT2D eigenvalue weighted by molar-refractivity contribution is 7.12. The Kier molecular flexibility index (Phi) is 5.39. The summed E-state index contributed by atoms with van der Waals surface area (Å²) in [6, 6.07) is 1.83. The average Bonchev–Trinajstić information content (AvgIpc) is 2.95. The van der Waals surface area contributed by atoms with Crippen LogP contribution in [0.15, 0.2) is 11.4 Å². The monoisotopic (exact) mass is 298 g/mol. The van der Waals surface area contributed by atoms with Crippen LogP contribution in [-0.2, 0) is 0 Å². The first-order valence-electron chi connectivity index (χ1n) is 6.96. The summed E-state index contributed by atoms with van der Waals surface area (Å²) in [5.41, 5.74) is 0. The zero-order valence-corrected chi connectivity index (χ0v) is 12.9. The molecule has 1 aromatic heterocycles. The molecule has 0 aliphatic carbocycles. The van der Waals surface area contributed by atoms with Gasteiger partial charge >= 0.3 is 0 Å². The maximum absolute atomic E-state index is 12.4. The third kappa shape index (κ3) is 3.50. The van der Waals surface area contributed by atoms with E-state index in [-0.39, 0.29) is 12.0 Å². The summed E-state index contributed by atoms with van der Waals surface area (Å²) in [6.45, 7) is 5.72. The Labute approximate surface area is 123 Å². The van der Waals surface area contributed by atoms with Gasteiger partial charge in [-0.3, -0.25) is 9.69 Å². The van der Waals surface area contributed by atoms with E-state index < -0.39 is 0 Å². The summed E-state index contributed by atoms with van der Waals surface area (Å²) in [6.07, 6.45) is 0.501. The van der Waals surface area contributed by atoms with Crippen molar-refractivity contribution in [1.29, 1.82) is 0 Å². The van der Waals surface area contributed by atoms with Crippen molar-refractivity contribution in [1.82, 2.24) is 9.80 Å². The number of hydrogen-bond acceptors (Lipinski definition) is 5. The Morgan fingerprint density at radius 1 is 1.45 bits per heavy atom. The van der Waals surface area contributed by atoms with Crippen molar-refractivity contribution >= 4 is 17.2 Å². The highest BCUT2D eigenvalue weighted by Crippen LogP contribution is 2.26. The van der Waals surface area contributed by atoms with Crippen molar-refractivity contribution in [3.63, 3.8) is 0 Å². The number of thiophene rings is 1. The molecule has 112 valence electrons. The lowest BCUT2D eigenvalue weighted by molar-refractivity contribution is 0.0525. The molecule has 0 unspecified atom stereocenters. The highest BCUT2D eigenvalue weighted by Gasteiger charge is 2.25. The van der Waals surface area contributed by atoms with Crippen LogP contribution < -0.4 is 4.74 Å². The molecule has 1 saturated heterocycles. The number of piperazine rings is 1. The van der Waals surface area contributed by atoms with E-state index in [1.54, 1.807) is 7.11 Å². The number of methoxy groups -OCH3 is 1. The minimum absolute atomic E-state index is 0.0486. The summed E-state index contributed by atoms with van der Waals surface area (Å²) >= 11 is 1.42. The second-order valence-corrected chi connectivity index (χ2v) is 5.89. The maximum Gasteiger partial charge on any atom is 0.267 e. The van der Waals surface area contributed by atoms with Gasteiger partial charge in [-0.05, 0) is 17.9 Å². The molecule has 1 atom stereocenters. The quantitative estimate of drug-likeness (QED) is 0.890. The van der Waals surface area contributed by atoms with Gasteiger partial charge in [-0.15, -0.1) is 11.3 Å². The fourth-order valence-electron chi connectivity index (χ4n) is 2.32. The predicted octanol–water partition coefficient (Wildman–Crippen LogP) is 1.29. The lowest BCUT2D eigenvalue weighted by Crippen LogP contribution is -2.50. The van der Waals surface area contributed by atoms with Crippen LogP contribution in [0, 0.1) is 0 Å². The van der Waals surface area contributed by atoms with Crippen molar-refractivity contribution in [2.75, 3.05) is 39.8 Å². The van der Waals surface area contributed by atoms with Crippen molar-refractivity contribution < 1.29 is 14.6 Å². The lowest BCUT2D eigenvalue weighted by atomic mass is 10.2. The number of aliphatic hydroxyl groups excluding tert-OH is 1. The van der Waals surface area contributed by atoms with Gasteiger partial charge in [0.05, 0.1) is 13.2 Å². The fraction of sp³-hybridized carbons (Fsp3) is 0.643. The summed E-state index contributed by atoms with van der Waals surface area (Å²) in [4.78, 5) is 17.2. The highest BCUT2D eigenvalue weighted by atomic mass is 32.1. The van der Waals surface area contributed by atoms with Crippen LogP contribution in [-0.4, -0.2) is 66.8 Å². The van der Waals surface area contributed by atoms with Crippen molar-refractivity contribution in [2.24, 2.45) is 0 Å². The van der Waals surface area contributed by atoms with E-state index in [1.165, 1.54) is 11.3 Å². The van der Waals surface area contributed by atoms with Crippen molar-refractivity contribution in [2.45, 2.75) is 19.4 Å². The molecule has 0 bridgehead atoms. The number of β-amino-alcohol motifs (C(OH)–C–C–N with tert-alkyl or cyclic N) is 1. The third-order valence-corrected chi connectivity index (χ3v) is 4.53. The maximum atomic E-state index is 12.4. The normalized spacial score (nSPS) is 18.1. The Morgan fingerprint density at radius 2 is 2.15 bits per heavy atom. The molecule has 20 heavy (non-hydrogen) atoms. The molecule has 0 spiro atoms. The van der Waals surface area contributed by atoms with Crippen LogP contribution in [0.1, 0.15) is 23.0 Å². The topological polar surface area (TPSA) is 53.0 Å². The van der Waals surface area contributed by atoms with Gasteiger partial charge in [-0.25, -0.2) is 0 Å². The van der Waals surface area contributed by atoms with Gasteiger partial charge in [-0.1, -0.05) is 6.92 Å². The zero-order chi connectivity index (χ0) is 14.5. The minimum atomic E-state index is -0.269. The molecule has 2 heterocycles. The van der Waals surface area contributed by atoms with Gasteiger partial charge < -0.3 is 14.7 Å². The Balaban J connectivity index is 1.89. The van der Waals surface area contributed by atoms with Gasteiger partial charge in [0.1, 0.15) is 10.6 Å². The molecular formula is C14H22N2O3S. The summed E-state index contributed by atoms with van der Waals surface area (Å²) in [5.74, 6) is 0.705. The van der Waals surface area contributed by atoms with Gasteiger partial charge in [-0.2, -0.15) is 0 Å². The molecule has 1 aliphatic rings. The molecule has 2 rings (SSSR count). The Hall–Kier alpha value is -1.11. The molecule has 0 radical (unpaired) electrons. The summed E-state index contributed by atoms with van der Waals surface area (Å²) in [7, 11) is 1.59. The van der Waals surface area contributed by atoms with Crippen LogP contribution >= 0.6 is 11.3 Å². The molecule has 5 nitrogen and oxygen atoms in total. The molecule has 0 aromatic carbocycles. The van der Waals surface area contributed by atoms with Gasteiger partial charge in [0, 0.05) is 32.7 Å². The first kappa shape index (κ1) is 15.3. The van der Waals surface area contributed by atoms with Crippen LogP contribution in [0.25, 0.3) is 0 Å². The summed E-state index contributed by atoms with van der Waals surface area (Å²) < 4.78 is 5.21. The number of rotatable bonds is 5. The smallest absolute Gasteiger partial charge is 0.267 e. The number of carbonyl (C=O) groups excluding carboxylic acids is 1. The van der Waals surface area contributed by atoms with E-state index in [1.807, 2.05) is 23.3 Å². The molecular weight excluding hydrogens is 276 g/mol. The number of nitrogens with zero attached hydrogens (tertiary/aromatic N) is 2. The molecule has 1 amide bonds. The second kappa shape index (κ2) is 7.06. The number of amides is 1. The number of ether oxygens (including phenoxy) is 1. The Bertz CT molecular complexity index is 441. The number of hydrogen-bond donors (Lipinski definition) is 1. The largest absolute Gasteiger partial charge is 0.495 e. The Morgan fingerprint density at radius 3 is 2.75 bits per heavy atom. The molecule has 1 fully saturated rings. The molecule has 1 N–H and O–H groups in total. The van der Waals surface area contributed by atoms with E-state index in [0.29, 0.717) is 30.3 Å². The first-order valence-corrected chi connectivity index (χ1v) is 7.84. The molecule has 1 aliphatic heterocycles. The van der Waals surface area contributed by atoms with E-state index >= 15 is 0 Å². The summed E-state index contributed by atoms with van der Waals surface area (Å²) in [5, 5.41) is 11.5. The van der Waals surface area contributed by atoms with Gasteiger partial charge in [0.2, 0.25) is 0 Å². The van der Waals surface area contributed by atoms with E-state index in [0.717, 1.165) is 19.5 Å². The molecule has 0 saturated carbocycles. The van der Waals surface area contributed by atoms with Crippen LogP contribution in [0.3, 0.4) is 0 Å². The van der Waals surface area contributed by atoms with Gasteiger partial charge in [0.15, 0.2) is 0 Å². The van der Waals surface area contributed by atoms with E-state index in [9.17, 15) is 9.90 Å². The standard InChI is InChI=1S/C14H22N2O3S/c1-3-11(17)10-15-5-7-16(8-6-15)14(18)13-12(19-2)4-9-20-13/h4,9,11,17H,3,5-8,10H2,1-2H3/t11-/m1/s1. The molecule has 6 heteroatoms. The fourth-order valence-corrected chi connectivity index (χ4v) is 3.14. The first-order chi connectivity index (χ1) is 9.65. The van der Waals surface area contributed by atoms with Crippen LogP contribution in [0.5, 0.6) is 5.75 Å². The predicted molar refractivity (Wildman–Crippen MR) is 79.5 cm³/mol. The van der Waals surface area contributed by atoms with E-state index in [4.69, 9.17) is 4.74 Å². The van der Waals surface area contributed by atoms with Crippen molar-refractivity contribution in [3.8, 4) is 5.75 Å². The number of carbonyl (C=O) groups is 1. The zero-order valence-electron chi connectivity index (χ0n) is 12.0. The van der Waals surface area contributed by atoms with E-state index in [2.05, 4.69) is 4.90 Å². The SMILES string of the molecule is CC[C@@H](O)CN1CCN(C(=O)c2sccc2OC)CC1. The average molecular weight is 298 g/mol. The number of aliphatic hydroxyl groups is 1. The molecule has 1 aromatic rings. The van der Waals surface area contributed by atoms with Gasteiger partial charge in [0.25, 0.3) is 5.91 Å². The second-order valence-electron chi connectivity index (χ2n) is 4.97. The van der Waals surface area contributed by atoms with Crippen LogP contribution in [0.2, 0.25) is 0 Å². The van der Waals surface area contributed by atoms with Crippen molar-refractivity contribution in [3.05, 3.63) is 16.3 Å². The third-order valence-electron chi connectivity index (χ3n) is 3.64.